The highest BCUT2D eigenvalue weighted by molar-refractivity contribution is 7.12. The van der Waals surface area contributed by atoms with Crippen LogP contribution in [-0.2, 0) is 16.1 Å². The minimum Gasteiger partial charge on any atom is -0.378 e. The summed E-state index contributed by atoms with van der Waals surface area (Å²) in [5.41, 5.74) is 3.93. The van der Waals surface area contributed by atoms with Gasteiger partial charge in [0, 0.05) is 54.6 Å². The van der Waals surface area contributed by atoms with Gasteiger partial charge >= 0.3 is 0 Å². The van der Waals surface area contributed by atoms with Crippen molar-refractivity contribution in [1.82, 2.24) is 10.2 Å². The number of nitrogens with one attached hydrogen (secondary N) is 1. The fraction of sp³-hybridized carbons (Fsp3) is 0.542. The summed E-state index contributed by atoms with van der Waals surface area (Å²) in [6, 6.07) is 11.6. The molecule has 0 unspecified atom stereocenters. The van der Waals surface area contributed by atoms with Crippen molar-refractivity contribution in [3.05, 3.63) is 51.2 Å². The average molecular weight is 428 g/mol. The van der Waals surface area contributed by atoms with Crippen molar-refractivity contribution < 1.29 is 9.53 Å². The Balaban J connectivity index is 1.47. The van der Waals surface area contributed by atoms with Crippen molar-refractivity contribution in [3.63, 3.8) is 0 Å². The molecule has 0 aliphatic carbocycles. The lowest BCUT2D eigenvalue weighted by atomic mass is 9.94. The molecule has 0 spiro atoms. The molecule has 162 valence electrons. The molecule has 5 nitrogen and oxygen atoms in total. The number of anilines is 1. The van der Waals surface area contributed by atoms with Crippen molar-refractivity contribution in [2.45, 2.75) is 52.2 Å². The van der Waals surface area contributed by atoms with E-state index in [4.69, 9.17) is 4.74 Å². The Hall–Kier alpha value is -1.89. The van der Waals surface area contributed by atoms with E-state index in [2.05, 4.69) is 59.3 Å². The summed E-state index contributed by atoms with van der Waals surface area (Å²) in [6.45, 7) is 11.2. The lowest BCUT2D eigenvalue weighted by Gasteiger charge is -2.41. The van der Waals surface area contributed by atoms with Gasteiger partial charge in [0.25, 0.3) is 0 Å². The molecule has 2 saturated heterocycles. The topological polar surface area (TPSA) is 44.8 Å². The quantitative estimate of drug-likeness (QED) is 0.782. The molecule has 1 amide bonds. The number of piperidine rings is 1. The van der Waals surface area contributed by atoms with E-state index in [0.29, 0.717) is 0 Å². The maximum atomic E-state index is 12.3. The fourth-order valence-electron chi connectivity index (χ4n) is 4.66. The van der Waals surface area contributed by atoms with Crippen molar-refractivity contribution in [3.8, 4) is 0 Å². The Bertz CT molecular complexity index is 875. The smallest absolute Gasteiger partial charge is 0.220 e. The van der Waals surface area contributed by atoms with Crippen LogP contribution in [0.1, 0.15) is 46.7 Å². The van der Waals surface area contributed by atoms with Gasteiger partial charge in [0.05, 0.1) is 19.3 Å². The van der Waals surface area contributed by atoms with Gasteiger partial charge in [-0.15, -0.1) is 11.3 Å². The standard InChI is InChI=1S/C24H33N3O2S/c1-17-15-21(26-11-13-29-14-12-26)8-7-20(17)16-25-22-5-4-10-27(19(3)28)24(22)23-9-6-18(2)30-23/h6-9,15,22,24-25H,4-5,10-14,16H2,1-3H3/t22-,24-/m1/s1. The minimum absolute atomic E-state index is 0.128. The molecule has 3 heterocycles. The zero-order valence-electron chi connectivity index (χ0n) is 18.3. The molecule has 30 heavy (non-hydrogen) atoms. The Kier molecular flexibility index (Phi) is 6.76. The SMILES string of the molecule is CC(=O)N1CCC[C@@H](NCc2ccc(N3CCOCC3)cc2C)[C@@H]1c1ccc(C)s1. The summed E-state index contributed by atoms with van der Waals surface area (Å²) in [5.74, 6) is 0.170. The van der Waals surface area contributed by atoms with Crippen LogP contribution in [0.5, 0.6) is 0 Å². The second kappa shape index (κ2) is 9.50. The van der Waals surface area contributed by atoms with E-state index in [9.17, 15) is 4.79 Å². The zero-order chi connectivity index (χ0) is 21.1. The maximum absolute atomic E-state index is 12.3. The molecule has 2 fully saturated rings. The van der Waals surface area contributed by atoms with Crippen LogP contribution in [0.25, 0.3) is 0 Å². The van der Waals surface area contributed by atoms with Gasteiger partial charge in [0.2, 0.25) is 5.91 Å². The number of hydrogen-bond donors (Lipinski definition) is 1. The third-order valence-corrected chi connectivity index (χ3v) is 7.42. The van der Waals surface area contributed by atoms with Crippen molar-refractivity contribution in [1.29, 1.82) is 0 Å². The van der Waals surface area contributed by atoms with Gasteiger partial charge < -0.3 is 19.9 Å². The second-order valence-corrected chi connectivity index (χ2v) is 9.76. The number of hydrogen-bond acceptors (Lipinski definition) is 5. The molecular weight excluding hydrogens is 394 g/mol. The van der Waals surface area contributed by atoms with E-state index in [1.165, 1.54) is 26.6 Å². The molecular formula is C24H33N3O2S. The summed E-state index contributed by atoms with van der Waals surface area (Å²) in [4.78, 5) is 19.4. The van der Waals surface area contributed by atoms with Crippen LogP contribution in [-0.4, -0.2) is 49.7 Å². The Labute approximate surface area is 184 Å². The highest BCUT2D eigenvalue weighted by Gasteiger charge is 2.34. The first-order valence-electron chi connectivity index (χ1n) is 11.0. The van der Waals surface area contributed by atoms with Gasteiger partial charge in [-0.1, -0.05) is 6.07 Å². The van der Waals surface area contributed by atoms with Gasteiger partial charge in [-0.25, -0.2) is 0 Å². The minimum atomic E-state index is 0.128. The number of aryl methyl sites for hydroxylation is 2. The molecule has 0 bridgehead atoms. The number of benzene rings is 1. The van der Waals surface area contributed by atoms with Crippen LogP contribution >= 0.6 is 11.3 Å². The van der Waals surface area contributed by atoms with Crippen LogP contribution in [0, 0.1) is 13.8 Å². The largest absolute Gasteiger partial charge is 0.378 e. The van der Waals surface area contributed by atoms with Gasteiger partial charge in [-0.2, -0.15) is 0 Å². The number of nitrogens with zero attached hydrogens (tertiary/aromatic N) is 2. The number of thiophene rings is 1. The van der Waals surface area contributed by atoms with E-state index in [0.717, 1.165) is 52.2 Å². The van der Waals surface area contributed by atoms with Gasteiger partial charge in [0.1, 0.15) is 0 Å². The number of carbonyl (C=O) groups is 1. The monoisotopic (exact) mass is 427 g/mol. The van der Waals surface area contributed by atoms with Gasteiger partial charge in [-0.3, -0.25) is 4.79 Å². The van der Waals surface area contributed by atoms with E-state index >= 15 is 0 Å². The number of likely N-dealkylation sites (tertiary alicyclic amines) is 1. The van der Waals surface area contributed by atoms with Crippen LogP contribution < -0.4 is 10.2 Å². The van der Waals surface area contributed by atoms with Crippen LogP contribution in [0.3, 0.4) is 0 Å². The predicted molar refractivity (Wildman–Crippen MR) is 123 cm³/mol. The van der Waals surface area contributed by atoms with E-state index in [1.54, 1.807) is 6.92 Å². The number of rotatable bonds is 5. The number of carbonyl (C=O) groups excluding carboxylic acids is 1. The fourth-order valence-corrected chi connectivity index (χ4v) is 5.72. The van der Waals surface area contributed by atoms with Gasteiger partial charge in [-0.05, 0) is 62.1 Å². The first-order chi connectivity index (χ1) is 14.5. The molecule has 0 saturated carbocycles. The Morgan fingerprint density at radius 2 is 1.97 bits per heavy atom. The number of amides is 1. The van der Waals surface area contributed by atoms with Crippen molar-refractivity contribution >= 4 is 22.9 Å². The number of ether oxygens (including phenoxy) is 1. The first-order valence-corrected chi connectivity index (χ1v) is 11.8. The van der Waals surface area contributed by atoms with E-state index in [-0.39, 0.29) is 18.0 Å². The highest BCUT2D eigenvalue weighted by Crippen LogP contribution is 2.35. The Morgan fingerprint density at radius 1 is 1.17 bits per heavy atom. The molecule has 0 radical (unpaired) electrons. The first kappa shape index (κ1) is 21.3. The maximum Gasteiger partial charge on any atom is 0.220 e. The van der Waals surface area contributed by atoms with E-state index in [1.807, 2.05) is 11.3 Å². The zero-order valence-corrected chi connectivity index (χ0v) is 19.1. The third kappa shape index (κ3) is 4.71. The molecule has 1 aromatic heterocycles. The lowest BCUT2D eigenvalue weighted by Crippen LogP contribution is -2.49. The molecule has 2 aromatic rings. The molecule has 1 aromatic carbocycles. The number of morpholine rings is 1. The second-order valence-electron chi connectivity index (χ2n) is 8.45. The van der Waals surface area contributed by atoms with E-state index < -0.39 is 0 Å². The predicted octanol–water partition coefficient (Wildman–Crippen LogP) is 4.04. The van der Waals surface area contributed by atoms with Crippen LogP contribution in [0.15, 0.2) is 30.3 Å². The summed E-state index contributed by atoms with van der Waals surface area (Å²) < 4.78 is 5.48. The Morgan fingerprint density at radius 3 is 2.63 bits per heavy atom. The van der Waals surface area contributed by atoms with Gasteiger partial charge in [0.15, 0.2) is 0 Å². The summed E-state index contributed by atoms with van der Waals surface area (Å²) in [6.07, 6.45) is 2.14. The lowest BCUT2D eigenvalue weighted by molar-refractivity contribution is -0.133. The highest BCUT2D eigenvalue weighted by atomic mass is 32.1. The molecule has 6 heteroatoms. The summed E-state index contributed by atoms with van der Waals surface area (Å²) in [5, 5.41) is 3.80. The van der Waals surface area contributed by atoms with Crippen molar-refractivity contribution in [2.75, 3.05) is 37.7 Å². The molecule has 2 aliphatic heterocycles. The third-order valence-electron chi connectivity index (χ3n) is 6.35. The average Bonchev–Trinajstić information content (AvgIpc) is 3.19. The summed E-state index contributed by atoms with van der Waals surface area (Å²) in [7, 11) is 0. The van der Waals surface area contributed by atoms with Crippen LogP contribution in [0.4, 0.5) is 5.69 Å². The van der Waals surface area contributed by atoms with Crippen molar-refractivity contribution in [2.24, 2.45) is 0 Å². The molecule has 1 N–H and O–H groups in total. The molecule has 4 rings (SSSR count). The molecule has 2 aliphatic rings. The van der Waals surface area contributed by atoms with Crippen LogP contribution in [0.2, 0.25) is 0 Å². The normalized spacial score (nSPS) is 22.4. The molecule has 2 atom stereocenters. The summed E-state index contributed by atoms with van der Waals surface area (Å²) >= 11 is 1.81.